The summed E-state index contributed by atoms with van der Waals surface area (Å²) in [6.45, 7) is 9.53. The normalized spacial score (nSPS) is 12.5. The van der Waals surface area contributed by atoms with Crippen LogP contribution in [0.25, 0.3) is 0 Å². The number of carbonyl (C=O) groups excluding carboxylic acids is 3. The Hall–Kier alpha value is -2.89. The van der Waals surface area contributed by atoms with Crippen LogP contribution < -0.4 is 5.32 Å². The largest absolute Gasteiger partial charge is 0.456 e. The number of hydrogen-bond acceptors (Lipinski definition) is 4. The highest BCUT2D eigenvalue weighted by atomic mass is 16.5. The van der Waals surface area contributed by atoms with Crippen LogP contribution in [0.3, 0.4) is 0 Å². The molecular formula is C22H28N2O4. The Morgan fingerprint density at radius 2 is 1.71 bits per heavy atom. The number of amides is 1. The van der Waals surface area contributed by atoms with E-state index in [1.165, 1.54) is 0 Å². The van der Waals surface area contributed by atoms with Crippen molar-refractivity contribution in [2.75, 3.05) is 6.61 Å². The number of aromatic amines is 1. The molecule has 2 aromatic rings. The van der Waals surface area contributed by atoms with E-state index in [4.69, 9.17) is 4.74 Å². The van der Waals surface area contributed by atoms with E-state index < -0.39 is 12.0 Å². The molecule has 1 amide bonds. The summed E-state index contributed by atoms with van der Waals surface area (Å²) in [5, 5.41) is 2.72. The number of Topliss-reactive ketones (excluding diaryl/α,β-unsaturated/α-hetero) is 1. The van der Waals surface area contributed by atoms with Gasteiger partial charge in [0.15, 0.2) is 6.61 Å². The smallest absolute Gasteiger partial charge is 0.329 e. The lowest BCUT2D eigenvalue weighted by molar-refractivity contribution is -0.145. The molecule has 1 aromatic heterocycles. The molecule has 1 atom stereocenters. The van der Waals surface area contributed by atoms with E-state index in [1.54, 1.807) is 30.5 Å². The zero-order chi connectivity index (χ0) is 20.9. The van der Waals surface area contributed by atoms with Crippen molar-refractivity contribution in [3.63, 3.8) is 0 Å². The molecular weight excluding hydrogens is 356 g/mol. The third kappa shape index (κ3) is 5.55. The maximum Gasteiger partial charge on any atom is 0.329 e. The van der Waals surface area contributed by atoms with Gasteiger partial charge in [0.2, 0.25) is 5.78 Å². The SMILES string of the molecule is CC(C)[C@H](NC(=O)c1ccc(C(C)(C)C)cc1)C(=O)OCC(=O)c1ccc[nH]1. The molecule has 0 fully saturated rings. The van der Waals surface area contributed by atoms with Crippen LogP contribution in [0, 0.1) is 5.92 Å². The highest BCUT2D eigenvalue weighted by Crippen LogP contribution is 2.22. The number of esters is 1. The van der Waals surface area contributed by atoms with Gasteiger partial charge in [0, 0.05) is 11.8 Å². The van der Waals surface area contributed by atoms with E-state index in [1.807, 2.05) is 26.0 Å². The first-order valence-electron chi connectivity index (χ1n) is 9.34. The van der Waals surface area contributed by atoms with E-state index >= 15 is 0 Å². The number of H-pyrrole nitrogens is 1. The highest BCUT2D eigenvalue weighted by molar-refractivity contribution is 5.98. The molecule has 0 unspecified atom stereocenters. The number of aromatic nitrogens is 1. The van der Waals surface area contributed by atoms with Gasteiger partial charge >= 0.3 is 5.97 Å². The Balaban J connectivity index is 2.00. The summed E-state index contributed by atoms with van der Waals surface area (Å²) in [6, 6.07) is 9.77. The molecule has 1 heterocycles. The molecule has 28 heavy (non-hydrogen) atoms. The fourth-order valence-electron chi connectivity index (χ4n) is 2.65. The molecule has 0 radical (unpaired) electrons. The third-order valence-electron chi connectivity index (χ3n) is 4.46. The van der Waals surface area contributed by atoms with Gasteiger partial charge in [-0.25, -0.2) is 4.79 Å². The first-order valence-corrected chi connectivity index (χ1v) is 9.34. The fraction of sp³-hybridized carbons (Fsp3) is 0.409. The van der Waals surface area contributed by atoms with Gasteiger partial charge in [-0.2, -0.15) is 0 Å². The summed E-state index contributed by atoms with van der Waals surface area (Å²) in [5.41, 5.74) is 1.95. The van der Waals surface area contributed by atoms with Crippen LogP contribution >= 0.6 is 0 Å². The Kier molecular flexibility index (Phi) is 6.78. The third-order valence-corrected chi connectivity index (χ3v) is 4.46. The molecule has 6 heteroatoms. The van der Waals surface area contributed by atoms with Gasteiger partial charge < -0.3 is 15.0 Å². The molecule has 150 valence electrons. The second kappa shape index (κ2) is 8.87. The Labute approximate surface area is 165 Å². The summed E-state index contributed by atoms with van der Waals surface area (Å²) in [4.78, 5) is 39.7. The number of hydrogen-bond donors (Lipinski definition) is 2. The number of ketones is 1. The van der Waals surface area contributed by atoms with Gasteiger partial charge in [0.1, 0.15) is 6.04 Å². The topological polar surface area (TPSA) is 88.3 Å². The number of nitrogens with one attached hydrogen (secondary N) is 2. The maximum atomic E-state index is 12.6. The van der Waals surface area contributed by atoms with Gasteiger partial charge in [-0.05, 0) is 41.2 Å². The van der Waals surface area contributed by atoms with Crippen molar-refractivity contribution < 1.29 is 19.1 Å². The summed E-state index contributed by atoms with van der Waals surface area (Å²) in [7, 11) is 0. The first kappa shape index (κ1) is 21.4. The predicted molar refractivity (Wildman–Crippen MR) is 107 cm³/mol. The molecule has 2 rings (SSSR count). The van der Waals surface area contributed by atoms with Gasteiger partial charge in [0.25, 0.3) is 5.91 Å². The van der Waals surface area contributed by atoms with Crippen molar-refractivity contribution in [2.45, 2.75) is 46.1 Å². The summed E-state index contributed by atoms with van der Waals surface area (Å²) < 4.78 is 5.13. The van der Waals surface area contributed by atoms with Gasteiger partial charge in [-0.3, -0.25) is 9.59 Å². The minimum Gasteiger partial charge on any atom is -0.456 e. The van der Waals surface area contributed by atoms with Crippen LogP contribution in [0.5, 0.6) is 0 Å². The second-order valence-corrected chi connectivity index (χ2v) is 8.14. The van der Waals surface area contributed by atoms with E-state index in [-0.39, 0.29) is 29.6 Å². The zero-order valence-electron chi connectivity index (χ0n) is 17.0. The van der Waals surface area contributed by atoms with Crippen LogP contribution in [0.15, 0.2) is 42.6 Å². The van der Waals surface area contributed by atoms with Gasteiger partial charge in [-0.15, -0.1) is 0 Å². The molecule has 0 spiro atoms. The molecule has 6 nitrogen and oxygen atoms in total. The van der Waals surface area contributed by atoms with Crippen molar-refractivity contribution in [2.24, 2.45) is 5.92 Å². The van der Waals surface area contributed by atoms with Crippen LogP contribution in [0.4, 0.5) is 0 Å². The first-order chi connectivity index (χ1) is 13.1. The van der Waals surface area contributed by atoms with Crippen LogP contribution in [0.2, 0.25) is 0 Å². The van der Waals surface area contributed by atoms with Crippen molar-refractivity contribution in [3.05, 3.63) is 59.4 Å². The van der Waals surface area contributed by atoms with Crippen LogP contribution in [-0.2, 0) is 14.9 Å². The van der Waals surface area contributed by atoms with E-state index in [2.05, 4.69) is 31.1 Å². The molecule has 0 bridgehead atoms. The molecule has 0 aliphatic rings. The fourth-order valence-corrected chi connectivity index (χ4v) is 2.65. The van der Waals surface area contributed by atoms with Crippen molar-refractivity contribution in [1.29, 1.82) is 0 Å². The number of carbonyl (C=O) groups is 3. The van der Waals surface area contributed by atoms with E-state index in [0.29, 0.717) is 11.3 Å². The molecule has 0 saturated carbocycles. The van der Waals surface area contributed by atoms with Crippen molar-refractivity contribution >= 4 is 17.7 Å². The Bertz CT molecular complexity index is 815. The quantitative estimate of drug-likeness (QED) is 0.565. The second-order valence-electron chi connectivity index (χ2n) is 8.14. The monoisotopic (exact) mass is 384 g/mol. The lowest BCUT2D eigenvalue weighted by Gasteiger charge is -2.21. The summed E-state index contributed by atoms with van der Waals surface area (Å²) in [5.74, 6) is -1.50. The van der Waals surface area contributed by atoms with E-state index in [9.17, 15) is 14.4 Å². The minimum atomic E-state index is -0.841. The average molecular weight is 384 g/mol. The lowest BCUT2D eigenvalue weighted by atomic mass is 9.86. The van der Waals surface area contributed by atoms with Crippen molar-refractivity contribution in [3.8, 4) is 0 Å². The van der Waals surface area contributed by atoms with E-state index in [0.717, 1.165) is 5.56 Å². The van der Waals surface area contributed by atoms with Gasteiger partial charge in [0.05, 0.1) is 5.69 Å². The molecule has 0 aliphatic heterocycles. The Morgan fingerprint density at radius 1 is 1.07 bits per heavy atom. The zero-order valence-corrected chi connectivity index (χ0v) is 17.0. The molecule has 0 saturated heterocycles. The number of ether oxygens (including phenoxy) is 1. The van der Waals surface area contributed by atoms with Crippen LogP contribution in [-0.4, -0.2) is 35.3 Å². The molecule has 1 aromatic carbocycles. The van der Waals surface area contributed by atoms with Gasteiger partial charge in [-0.1, -0.05) is 46.8 Å². The maximum absolute atomic E-state index is 12.6. The van der Waals surface area contributed by atoms with Crippen molar-refractivity contribution in [1.82, 2.24) is 10.3 Å². The van der Waals surface area contributed by atoms with Crippen LogP contribution in [0.1, 0.15) is 61.0 Å². The average Bonchev–Trinajstić information content (AvgIpc) is 3.17. The lowest BCUT2D eigenvalue weighted by Crippen LogP contribution is -2.45. The minimum absolute atomic E-state index is 0.00898. The number of benzene rings is 1. The summed E-state index contributed by atoms with van der Waals surface area (Å²) >= 11 is 0. The standard InChI is InChI=1S/C22H28N2O4/c1-14(2)19(21(27)28-13-18(25)17-7-6-12-23-17)24-20(26)15-8-10-16(11-9-15)22(3,4)5/h6-12,14,19,23H,13H2,1-5H3,(H,24,26)/t19-/m0/s1. The summed E-state index contributed by atoms with van der Waals surface area (Å²) in [6.07, 6.45) is 1.62. The predicted octanol–water partition coefficient (Wildman–Crippen LogP) is 3.49. The highest BCUT2D eigenvalue weighted by Gasteiger charge is 2.27. The number of rotatable bonds is 7. The molecule has 0 aliphatic carbocycles. The Morgan fingerprint density at radius 3 is 2.21 bits per heavy atom. The molecule has 2 N–H and O–H groups in total.